The summed E-state index contributed by atoms with van der Waals surface area (Å²) in [7, 11) is 0. The van der Waals surface area contributed by atoms with Crippen LogP contribution in [0.15, 0.2) is 60.3 Å². The van der Waals surface area contributed by atoms with Crippen molar-refractivity contribution in [3.63, 3.8) is 0 Å². The molecular weight excluding hydrogens is 382 g/mol. The number of amides is 1. The fourth-order valence-electron chi connectivity index (χ4n) is 2.78. The van der Waals surface area contributed by atoms with Gasteiger partial charge >= 0.3 is 0 Å². The van der Waals surface area contributed by atoms with E-state index in [4.69, 9.17) is 4.74 Å². The highest BCUT2D eigenvalue weighted by Gasteiger charge is 2.12. The molecule has 6 heteroatoms. The van der Waals surface area contributed by atoms with Crippen LogP contribution >= 0.6 is 11.3 Å². The van der Waals surface area contributed by atoms with Gasteiger partial charge in [-0.15, -0.1) is 11.3 Å². The van der Waals surface area contributed by atoms with Crippen LogP contribution in [0.5, 0.6) is 5.75 Å². The largest absolute Gasteiger partial charge is 0.494 e. The minimum atomic E-state index is -0.474. The van der Waals surface area contributed by atoms with Crippen LogP contribution in [0.3, 0.4) is 0 Å². The Morgan fingerprint density at radius 1 is 1.28 bits per heavy atom. The van der Waals surface area contributed by atoms with Crippen molar-refractivity contribution in [1.82, 2.24) is 4.98 Å². The standard InChI is InChI=1S/C23H21N3O2S/c1-3-28-20-9-7-17(8-10-20)12-19(14-24)22(27)26-23-25-15-21(29-23)13-18-6-4-5-16(2)11-18/h4-12,15H,3,13H2,1-2H3,(H,25,26,27). The number of rotatable bonds is 7. The van der Waals surface area contributed by atoms with Crippen LogP contribution in [0.4, 0.5) is 5.13 Å². The van der Waals surface area contributed by atoms with Crippen LogP contribution in [-0.2, 0) is 11.2 Å². The maximum Gasteiger partial charge on any atom is 0.268 e. The van der Waals surface area contributed by atoms with E-state index in [1.165, 1.54) is 22.5 Å². The van der Waals surface area contributed by atoms with E-state index in [0.29, 0.717) is 11.7 Å². The van der Waals surface area contributed by atoms with Gasteiger partial charge < -0.3 is 4.74 Å². The molecule has 1 N–H and O–H groups in total. The smallest absolute Gasteiger partial charge is 0.268 e. The molecule has 0 aliphatic heterocycles. The second-order valence-corrected chi connectivity index (χ2v) is 7.54. The van der Waals surface area contributed by atoms with Crippen molar-refractivity contribution in [3.8, 4) is 11.8 Å². The lowest BCUT2D eigenvalue weighted by Crippen LogP contribution is -2.13. The van der Waals surface area contributed by atoms with Gasteiger partial charge in [0.15, 0.2) is 5.13 Å². The third kappa shape index (κ3) is 5.77. The van der Waals surface area contributed by atoms with Crippen molar-refractivity contribution in [2.75, 3.05) is 11.9 Å². The molecule has 0 aliphatic carbocycles. The Labute approximate surface area is 174 Å². The Morgan fingerprint density at radius 3 is 2.76 bits per heavy atom. The van der Waals surface area contributed by atoms with Gasteiger partial charge in [-0.2, -0.15) is 5.26 Å². The average molecular weight is 404 g/mol. The van der Waals surface area contributed by atoms with Crippen LogP contribution in [0.2, 0.25) is 0 Å². The molecule has 0 bridgehead atoms. The predicted octanol–water partition coefficient (Wildman–Crippen LogP) is 4.99. The van der Waals surface area contributed by atoms with E-state index in [1.54, 1.807) is 36.5 Å². The Hall–Kier alpha value is -3.43. The molecule has 0 atom stereocenters. The third-order valence-corrected chi connectivity index (χ3v) is 5.01. The summed E-state index contributed by atoms with van der Waals surface area (Å²) in [6.45, 7) is 4.56. The van der Waals surface area contributed by atoms with Gasteiger partial charge in [0.2, 0.25) is 0 Å². The number of anilines is 1. The van der Waals surface area contributed by atoms with Gasteiger partial charge in [-0.05, 0) is 43.2 Å². The number of benzene rings is 2. The minimum Gasteiger partial charge on any atom is -0.494 e. The number of nitrogens with zero attached hydrogens (tertiary/aromatic N) is 2. The molecule has 0 radical (unpaired) electrons. The first-order chi connectivity index (χ1) is 14.1. The van der Waals surface area contributed by atoms with Crippen molar-refractivity contribution >= 4 is 28.5 Å². The summed E-state index contributed by atoms with van der Waals surface area (Å²) in [6.07, 6.45) is 4.06. The fourth-order valence-corrected chi connectivity index (χ4v) is 3.62. The summed E-state index contributed by atoms with van der Waals surface area (Å²) in [5.41, 5.74) is 3.17. The first-order valence-corrected chi connectivity index (χ1v) is 10.1. The molecule has 0 saturated heterocycles. The molecule has 3 rings (SSSR count). The van der Waals surface area contributed by atoms with E-state index in [0.717, 1.165) is 22.6 Å². The van der Waals surface area contributed by atoms with E-state index in [9.17, 15) is 10.1 Å². The summed E-state index contributed by atoms with van der Waals surface area (Å²) in [4.78, 5) is 17.8. The second kappa shape index (κ2) is 9.67. The lowest BCUT2D eigenvalue weighted by Gasteiger charge is -2.03. The number of ether oxygens (including phenoxy) is 1. The molecule has 0 fully saturated rings. The lowest BCUT2D eigenvalue weighted by molar-refractivity contribution is -0.112. The van der Waals surface area contributed by atoms with Crippen LogP contribution in [0.1, 0.15) is 28.5 Å². The lowest BCUT2D eigenvalue weighted by atomic mass is 10.1. The number of nitrogens with one attached hydrogen (secondary N) is 1. The zero-order chi connectivity index (χ0) is 20.6. The highest BCUT2D eigenvalue weighted by molar-refractivity contribution is 7.15. The van der Waals surface area contributed by atoms with E-state index in [2.05, 4.69) is 35.4 Å². The number of aromatic nitrogens is 1. The van der Waals surface area contributed by atoms with Gasteiger partial charge in [-0.25, -0.2) is 4.98 Å². The summed E-state index contributed by atoms with van der Waals surface area (Å²) in [5, 5.41) is 12.6. The van der Waals surface area contributed by atoms with Crippen LogP contribution in [0.25, 0.3) is 6.08 Å². The first kappa shape index (κ1) is 20.3. The quantitative estimate of drug-likeness (QED) is 0.446. The number of carbonyl (C=O) groups is 1. The molecule has 3 aromatic rings. The van der Waals surface area contributed by atoms with Crippen molar-refractivity contribution in [1.29, 1.82) is 5.26 Å². The molecule has 1 heterocycles. The molecule has 5 nitrogen and oxygen atoms in total. The van der Waals surface area contributed by atoms with Crippen LogP contribution < -0.4 is 10.1 Å². The zero-order valence-corrected chi connectivity index (χ0v) is 17.1. The molecule has 1 aromatic heterocycles. The minimum absolute atomic E-state index is 0.0181. The van der Waals surface area contributed by atoms with Gasteiger partial charge in [-0.3, -0.25) is 10.1 Å². The Bertz CT molecular complexity index is 1060. The number of hydrogen-bond donors (Lipinski definition) is 1. The summed E-state index contributed by atoms with van der Waals surface area (Å²) in [6, 6.07) is 17.5. The molecule has 29 heavy (non-hydrogen) atoms. The van der Waals surface area contributed by atoms with Gasteiger partial charge in [-0.1, -0.05) is 42.0 Å². The summed E-state index contributed by atoms with van der Waals surface area (Å²) < 4.78 is 5.40. The average Bonchev–Trinajstić information content (AvgIpc) is 3.14. The maximum atomic E-state index is 12.5. The highest BCUT2D eigenvalue weighted by Crippen LogP contribution is 2.22. The predicted molar refractivity (Wildman–Crippen MR) is 116 cm³/mol. The Morgan fingerprint density at radius 2 is 2.07 bits per heavy atom. The number of carbonyl (C=O) groups excluding carboxylic acids is 1. The summed E-state index contributed by atoms with van der Waals surface area (Å²) >= 11 is 1.41. The highest BCUT2D eigenvalue weighted by atomic mass is 32.1. The number of nitriles is 1. The van der Waals surface area contributed by atoms with Crippen LogP contribution in [-0.4, -0.2) is 17.5 Å². The molecule has 0 saturated carbocycles. The van der Waals surface area contributed by atoms with Gasteiger partial charge in [0.1, 0.15) is 17.4 Å². The molecule has 2 aromatic carbocycles. The summed E-state index contributed by atoms with van der Waals surface area (Å²) in [5.74, 6) is 0.273. The normalized spacial score (nSPS) is 11.0. The fraction of sp³-hybridized carbons (Fsp3) is 0.174. The molecule has 0 aliphatic rings. The number of thiazole rings is 1. The number of aryl methyl sites for hydroxylation is 1. The topological polar surface area (TPSA) is 75.0 Å². The van der Waals surface area contributed by atoms with Crippen molar-refractivity contribution < 1.29 is 9.53 Å². The van der Waals surface area contributed by atoms with Gasteiger partial charge in [0, 0.05) is 17.5 Å². The Kier molecular flexibility index (Phi) is 6.77. The molecule has 1 amide bonds. The van der Waals surface area contributed by atoms with Gasteiger partial charge in [0.05, 0.1) is 6.61 Å². The van der Waals surface area contributed by atoms with Crippen molar-refractivity contribution in [2.45, 2.75) is 20.3 Å². The zero-order valence-electron chi connectivity index (χ0n) is 16.3. The van der Waals surface area contributed by atoms with Crippen molar-refractivity contribution in [3.05, 3.63) is 81.9 Å². The first-order valence-electron chi connectivity index (χ1n) is 9.23. The van der Waals surface area contributed by atoms with E-state index in [-0.39, 0.29) is 5.57 Å². The Balaban J connectivity index is 1.66. The molecule has 0 unspecified atom stereocenters. The maximum absolute atomic E-state index is 12.5. The van der Waals surface area contributed by atoms with E-state index >= 15 is 0 Å². The SMILES string of the molecule is CCOc1ccc(C=C(C#N)C(=O)Nc2ncc(Cc3cccc(C)c3)s2)cc1. The van der Waals surface area contributed by atoms with E-state index in [1.807, 2.05) is 19.1 Å². The monoisotopic (exact) mass is 403 g/mol. The van der Waals surface area contributed by atoms with Crippen LogP contribution in [0, 0.1) is 18.3 Å². The molecule has 0 spiro atoms. The van der Waals surface area contributed by atoms with Crippen molar-refractivity contribution in [2.24, 2.45) is 0 Å². The molecule has 146 valence electrons. The van der Waals surface area contributed by atoms with Gasteiger partial charge in [0.25, 0.3) is 5.91 Å². The number of hydrogen-bond acceptors (Lipinski definition) is 5. The second-order valence-electron chi connectivity index (χ2n) is 6.42. The van der Waals surface area contributed by atoms with E-state index < -0.39 is 5.91 Å². The molecular formula is C23H21N3O2S. The third-order valence-electron chi connectivity index (χ3n) is 4.10.